The van der Waals surface area contributed by atoms with Gasteiger partial charge in [-0.15, -0.1) is 0 Å². The minimum absolute atomic E-state index is 0.122. The van der Waals surface area contributed by atoms with Crippen LogP contribution in [0.25, 0.3) is 0 Å². The van der Waals surface area contributed by atoms with Gasteiger partial charge in [-0.05, 0) is 48.1 Å². The molecule has 0 aliphatic heterocycles. The number of amides is 1. The summed E-state index contributed by atoms with van der Waals surface area (Å²) < 4.78 is 13.1. The van der Waals surface area contributed by atoms with E-state index in [0.29, 0.717) is 11.5 Å². The first-order valence-corrected chi connectivity index (χ1v) is 8.64. The van der Waals surface area contributed by atoms with Gasteiger partial charge >= 0.3 is 0 Å². The molecule has 2 unspecified atom stereocenters. The summed E-state index contributed by atoms with van der Waals surface area (Å²) in [6, 6.07) is 13.6. The Balaban J connectivity index is 2.23. The van der Waals surface area contributed by atoms with Crippen LogP contribution in [-0.2, 0) is 4.79 Å². The number of halogens is 1. The molecular formula is C21H26FNO2. The lowest BCUT2D eigenvalue weighted by Gasteiger charge is -2.25. The largest absolute Gasteiger partial charge is 0.395 e. The van der Waals surface area contributed by atoms with Crippen LogP contribution in [-0.4, -0.2) is 17.6 Å². The second-order valence-corrected chi connectivity index (χ2v) is 6.83. The Kier molecular flexibility index (Phi) is 6.71. The van der Waals surface area contributed by atoms with E-state index in [2.05, 4.69) is 19.2 Å². The van der Waals surface area contributed by atoms with Crippen LogP contribution >= 0.6 is 0 Å². The fraction of sp³-hybridized carbons (Fsp3) is 0.381. The van der Waals surface area contributed by atoms with Crippen LogP contribution in [0.15, 0.2) is 48.5 Å². The van der Waals surface area contributed by atoms with E-state index in [1.807, 2.05) is 31.2 Å². The average Bonchev–Trinajstić information content (AvgIpc) is 2.56. The van der Waals surface area contributed by atoms with Gasteiger partial charge < -0.3 is 10.4 Å². The first kappa shape index (κ1) is 19.1. The number of hydrogen-bond acceptors (Lipinski definition) is 2. The Bertz CT molecular complexity index is 697. The van der Waals surface area contributed by atoms with Crippen molar-refractivity contribution in [3.8, 4) is 0 Å². The smallest absolute Gasteiger partial charge is 0.230 e. The molecule has 25 heavy (non-hydrogen) atoms. The van der Waals surface area contributed by atoms with Crippen molar-refractivity contribution in [3.63, 3.8) is 0 Å². The van der Waals surface area contributed by atoms with Crippen LogP contribution in [0.5, 0.6) is 0 Å². The molecule has 0 fully saturated rings. The maximum absolute atomic E-state index is 13.1. The van der Waals surface area contributed by atoms with Gasteiger partial charge in [0.05, 0.1) is 18.6 Å². The third-order valence-electron chi connectivity index (χ3n) is 4.36. The lowest BCUT2D eigenvalue weighted by Crippen LogP contribution is -2.35. The molecule has 1 amide bonds. The Morgan fingerprint density at radius 3 is 2.32 bits per heavy atom. The van der Waals surface area contributed by atoms with E-state index in [0.717, 1.165) is 17.5 Å². The molecule has 2 aromatic carbocycles. The summed E-state index contributed by atoms with van der Waals surface area (Å²) in [7, 11) is 0. The number of aliphatic hydroxyl groups excluding tert-OH is 1. The van der Waals surface area contributed by atoms with E-state index >= 15 is 0 Å². The van der Waals surface area contributed by atoms with E-state index < -0.39 is 5.92 Å². The normalized spacial score (nSPS) is 13.5. The summed E-state index contributed by atoms with van der Waals surface area (Å²) in [4.78, 5) is 12.8. The summed E-state index contributed by atoms with van der Waals surface area (Å²) in [6.45, 7) is 5.93. The van der Waals surface area contributed by atoms with Crippen molar-refractivity contribution in [1.29, 1.82) is 0 Å². The number of nitrogens with one attached hydrogen (secondary N) is 1. The van der Waals surface area contributed by atoms with Gasteiger partial charge in [0.2, 0.25) is 5.91 Å². The lowest BCUT2D eigenvalue weighted by atomic mass is 9.92. The van der Waals surface area contributed by atoms with Crippen molar-refractivity contribution >= 4 is 5.91 Å². The molecule has 0 radical (unpaired) electrons. The number of carbonyl (C=O) groups is 1. The summed E-state index contributed by atoms with van der Waals surface area (Å²) >= 11 is 0. The molecule has 134 valence electrons. The second-order valence-electron chi connectivity index (χ2n) is 6.83. The minimum atomic E-state index is -0.709. The van der Waals surface area contributed by atoms with Crippen LogP contribution in [0.2, 0.25) is 0 Å². The fourth-order valence-electron chi connectivity index (χ4n) is 3.02. The van der Waals surface area contributed by atoms with Gasteiger partial charge in [-0.2, -0.15) is 0 Å². The lowest BCUT2D eigenvalue weighted by molar-refractivity contribution is -0.124. The van der Waals surface area contributed by atoms with Crippen molar-refractivity contribution in [2.24, 2.45) is 5.92 Å². The van der Waals surface area contributed by atoms with E-state index in [4.69, 9.17) is 0 Å². The highest BCUT2D eigenvalue weighted by Gasteiger charge is 2.24. The summed E-state index contributed by atoms with van der Waals surface area (Å²) in [5, 5.41) is 12.8. The van der Waals surface area contributed by atoms with Gasteiger partial charge in [0.15, 0.2) is 0 Å². The summed E-state index contributed by atoms with van der Waals surface area (Å²) in [5.41, 5.74) is 2.81. The molecule has 0 heterocycles. The van der Waals surface area contributed by atoms with Gasteiger partial charge in [0.1, 0.15) is 5.82 Å². The van der Waals surface area contributed by atoms with Crippen LogP contribution in [0.1, 0.15) is 48.9 Å². The summed E-state index contributed by atoms with van der Waals surface area (Å²) in [6.07, 6.45) is 0.804. The Morgan fingerprint density at radius 2 is 1.76 bits per heavy atom. The van der Waals surface area contributed by atoms with Crippen molar-refractivity contribution in [3.05, 3.63) is 71.0 Å². The summed E-state index contributed by atoms with van der Waals surface area (Å²) in [5.74, 6) is -0.913. The van der Waals surface area contributed by atoms with Crippen LogP contribution in [0.4, 0.5) is 4.39 Å². The second kappa shape index (κ2) is 8.77. The molecule has 0 aliphatic carbocycles. The molecular weight excluding hydrogens is 317 g/mol. The molecule has 3 nitrogen and oxygen atoms in total. The first-order valence-electron chi connectivity index (χ1n) is 8.64. The van der Waals surface area contributed by atoms with Crippen molar-refractivity contribution in [2.75, 3.05) is 6.61 Å². The van der Waals surface area contributed by atoms with E-state index in [-0.39, 0.29) is 24.4 Å². The van der Waals surface area contributed by atoms with Gasteiger partial charge in [0, 0.05) is 0 Å². The predicted molar refractivity (Wildman–Crippen MR) is 97.7 cm³/mol. The predicted octanol–water partition coefficient (Wildman–Crippen LogP) is 4.11. The Labute approximate surface area is 148 Å². The number of hydrogen-bond donors (Lipinski definition) is 2. The average molecular weight is 343 g/mol. The highest BCUT2D eigenvalue weighted by molar-refractivity contribution is 5.84. The third-order valence-corrected chi connectivity index (χ3v) is 4.36. The van der Waals surface area contributed by atoms with E-state index in [1.165, 1.54) is 12.1 Å². The molecule has 0 aliphatic rings. The third kappa shape index (κ3) is 5.13. The van der Waals surface area contributed by atoms with Gasteiger partial charge in [-0.1, -0.05) is 50.2 Å². The van der Waals surface area contributed by atoms with Crippen LogP contribution in [0, 0.1) is 18.7 Å². The quantitative estimate of drug-likeness (QED) is 0.795. The maximum atomic E-state index is 13.1. The highest BCUT2D eigenvalue weighted by Crippen LogP contribution is 2.26. The number of benzene rings is 2. The molecule has 2 aromatic rings. The first-order chi connectivity index (χ1) is 11.9. The zero-order valence-corrected chi connectivity index (χ0v) is 15.0. The van der Waals surface area contributed by atoms with Gasteiger partial charge in [-0.25, -0.2) is 4.39 Å². The van der Waals surface area contributed by atoms with E-state index in [1.54, 1.807) is 12.1 Å². The SMILES string of the molecule is Cc1ccccc1C(CC(C)C)NC(=O)C(CO)c1ccc(F)cc1. The Morgan fingerprint density at radius 1 is 1.12 bits per heavy atom. The molecule has 0 aromatic heterocycles. The van der Waals surface area contributed by atoms with Gasteiger partial charge in [-0.3, -0.25) is 4.79 Å². The zero-order chi connectivity index (χ0) is 18.4. The number of carbonyl (C=O) groups excluding carboxylic acids is 1. The van der Waals surface area contributed by atoms with Crippen molar-refractivity contribution in [1.82, 2.24) is 5.32 Å². The molecule has 2 atom stereocenters. The number of aryl methyl sites for hydroxylation is 1. The van der Waals surface area contributed by atoms with E-state index in [9.17, 15) is 14.3 Å². The standard InChI is InChI=1S/C21H26FNO2/c1-14(2)12-20(18-7-5-4-6-15(18)3)23-21(25)19(13-24)16-8-10-17(22)11-9-16/h4-11,14,19-20,24H,12-13H2,1-3H3,(H,23,25). The van der Waals surface area contributed by atoms with Crippen molar-refractivity contribution < 1.29 is 14.3 Å². The minimum Gasteiger partial charge on any atom is -0.395 e. The van der Waals surface area contributed by atoms with Crippen molar-refractivity contribution in [2.45, 2.75) is 39.2 Å². The molecule has 0 saturated heterocycles. The van der Waals surface area contributed by atoms with Crippen LogP contribution < -0.4 is 5.32 Å². The molecule has 0 bridgehead atoms. The van der Waals surface area contributed by atoms with Crippen LogP contribution in [0.3, 0.4) is 0 Å². The zero-order valence-electron chi connectivity index (χ0n) is 15.0. The molecule has 0 spiro atoms. The topological polar surface area (TPSA) is 49.3 Å². The molecule has 4 heteroatoms. The fourth-order valence-corrected chi connectivity index (χ4v) is 3.02. The maximum Gasteiger partial charge on any atom is 0.230 e. The molecule has 2 N–H and O–H groups in total. The highest BCUT2D eigenvalue weighted by atomic mass is 19.1. The number of aliphatic hydroxyl groups is 1. The molecule has 2 rings (SSSR count). The molecule has 0 saturated carbocycles. The monoisotopic (exact) mass is 343 g/mol. The van der Waals surface area contributed by atoms with Gasteiger partial charge in [0.25, 0.3) is 0 Å². The Hall–Kier alpha value is -2.20. The number of rotatable bonds is 7.